The van der Waals surface area contributed by atoms with Crippen molar-refractivity contribution in [1.82, 2.24) is 4.72 Å². The highest BCUT2D eigenvalue weighted by molar-refractivity contribution is 7.89. The smallest absolute Gasteiger partial charge is 0.324 e. The van der Waals surface area contributed by atoms with Gasteiger partial charge in [-0.2, -0.15) is 4.72 Å². The second kappa shape index (κ2) is 5.24. The summed E-state index contributed by atoms with van der Waals surface area (Å²) in [7, 11) is -8.51. The van der Waals surface area contributed by atoms with Crippen LogP contribution >= 0.6 is 30.8 Å². The highest BCUT2D eigenvalue weighted by Crippen LogP contribution is 2.33. The van der Waals surface area contributed by atoms with Gasteiger partial charge in [0.05, 0.1) is 4.90 Å². The Labute approximate surface area is 108 Å². The molecule has 0 radical (unpaired) electrons. The molecule has 96 valence electrons. The lowest BCUT2D eigenvalue weighted by Crippen LogP contribution is -2.24. The first-order chi connectivity index (χ1) is 7.60. The van der Waals surface area contributed by atoms with E-state index >= 15 is 0 Å². The largest absolute Gasteiger partial charge is 0.340 e. The van der Waals surface area contributed by atoms with Crippen molar-refractivity contribution in [2.45, 2.75) is 4.90 Å². The predicted molar refractivity (Wildman–Crippen MR) is 63.7 cm³/mol. The summed E-state index contributed by atoms with van der Waals surface area (Å²) in [5, 5.41) is 0.211. The molecule has 10 heteroatoms. The lowest BCUT2D eigenvalue weighted by Gasteiger charge is -2.08. The van der Waals surface area contributed by atoms with Gasteiger partial charge in [-0.1, -0.05) is 23.2 Å². The van der Waals surface area contributed by atoms with Gasteiger partial charge < -0.3 is 9.79 Å². The summed E-state index contributed by atoms with van der Waals surface area (Å²) >= 11 is 11.2. The Balaban J connectivity index is 3.01. The van der Waals surface area contributed by atoms with Gasteiger partial charge in [0.25, 0.3) is 0 Å². The Kier molecular flexibility index (Phi) is 4.60. The monoisotopic (exact) mass is 319 g/mol. The summed E-state index contributed by atoms with van der Waals surface area (Å²) in [5.41, 5.74) is 0. The molecular formula is C7H8Cl2NO5PS. The Morgan fingerprint density at radius 1 is 1.18 bits per heavy atom. The average molecular weight is 320 g/mol. The first-order valence-corrected chi connectivity index (χ1v) is 8.14. The van der Waals surface area contributed by atoms with E-state index in [1.54, 1.807) is 4.72 Å². The molecule has 0 aromatic heterocycles. The topological polar surface area (TPSA) is 104 Å². The van der Waals surface area contributed by atoms with Gasteiger partial charge in [-0.15, -0.1) is 0 Å². The molecule has 0 bridgehead atoms. The molecule has 0 aliphatic rings. The van der Waals surface area contributed by atoms with Crippen molar-refractivity contribution in [3.63, 3.8) is 0 Å². The lowest BCUT2D eigenvalue weighted by molar-refractivity contribution is 0.371. The van der Waals surface area contributed by atoms with Gasteiger partial charge in [0.2, 0.25) is 10.0 Å². The molecule has 0 aliphatic carbocycles. The van der Waals surface area contributed by atoms with Gasteiger partial charge in [0, 0.05) is 10.0 Å². The summed E-state index contributed by atoms with van der Waals surface area (Å²) in [5.74, 6) is 0. The lowest BCUT2D eigenvalue weighted by atomic mass is 10.4. The molecular weight excluding hydrogens is 312 g/mol. The van der Waals surface area contributed by atoms with Crippen LogP contribution in [-0.2, 0) is 14.6 Å². The van der Waals surface area contributed by atoms with Crippen molar-refractivity contribution in [3.05, 3.63) is 28.2 Å². The van der Waals surface area contributed by atoms with E-state index in [9.17, 15) is 13.0 Å². The van der Waals surface area contributed by atoms with Crippen LogP contribution in [-0.4, -0.2) is 24.5 Å². The molecule has 0 atom stereocenters. The Morgan fingerprint density at radius 3 is 2.06 bits per heavy atom. The average Bonchev–Trinajstić information content (AvgIpc) is 2.12. The van der Waals surface area contributed by atoms with Crippen LogP contribution in [0.2, 0.25) is 10.0 Å². The van der Waals surface area contributed by atoms with Crippen LogP contribution in [0.15, 0.2) is 23.1 Å². The summed E-state index contributed by atoms with van der Waals surface area (Å²) in [6, 6.07) is 3.58. The second-order valence-corrected chi connectivity index (χ2v) is 7.36. The van der Waals surface area contributed by atoms with E-state index in [2.05, 4.69) is 0 Å². The first-order valence-electron chi connectivity index (χ1n) is 4.10. The van der Waals surface area contributed by atoms with E-state index in [0.717, 1.165) is 12.1 Å². The van der Waals surface area contributed by atoms with Crippen LogP contribution in [0.4, 0.5) is 0 Å². The van der Waals surface area contributed by atoms with Crippen molar-refractivity contribution < 1.29 is 22.8 Å². The third kappa shape index (κ3) is 4.93. The maximum Gasteiger partial charge on any atom is 0.340 e. The van der Waals surface area contributed by atoms with Gasteiger partial charge in [0.1, 0.15) is 6.29 Å². The van der Waals surface area contributed by atoms with Gasteiger partial charge in [-0.25, -0.2) is 8.42 Å². The van der Waals surface area contributed by atoms with Gasteiger partial charge in [-0.3, -0.25) is 4.57 Å². The van der Waals surface area contributed by atoms with Crippen molar-refractivity contribution in [2.24, 2.45) is 0 Å². The zero-order valence-corrected chi connectivity index (χ0v) is 11.4. The fraction of sp³-hybridized carbons (Fsp3) is 0.143. The van der Waals surface area contributed by atoms with E-state index in [0.29, 0.717) is 0 Å². The molecule has 0 fully saturated rings. The molecule has 1 aromatic rings. The molecule has 0 amide bonds. The van der Waals surface area contributed by atoms with E-state index in [4.69, 9.17) is 33.0 Å². The molecule has 0 unspecified atom stereocenters. The fourth-order valence-electron chi connectivity index (χ4n) is 0.936. The second-order valence-electron chi connectivity index (χ2n) is 3.08. The van der Waals surface area contributed by atoms with Crippen molar-refractivity contribution >= 4 is 40.8 Å². The number of rotatable bonds is 4. The summed E-state index contributed by atoms with van der Waals surface area (Å²) in [4.78, 5) is 16.9. The minimum atomic E-state index is -4.46. The third-order valence-electron chi connectivity index (χ3n) is 1.61. The number of halogens is 2. The summed E-state index contributed by atoms with van der Waals surface area (Å²) in [6.45, 7) is 0. The van der Waals surface area contributed by atoms with Crippen molar-refractivity contribution in [2.75, 3.05) is 6.29 Å². The SMILES string of the molecule is O=P(O)(O)CNS(=O)(=O)c1cc(Cl)cc(Cl)c1. The van der Waals surface area contributed by atoms with Crippen LogP contribution in [0, 0.1) is 0 Å². The van der Waals surface area contributed by atoms with Crippen LogP contribution < -0.4 is 4.72 Å². The quantitative estimate of drug-likeness (QED) is 0.728. The zero-order chi connectivity index (χ0) is 13.3. The fourth-order valence-corrected chi connectivity index (χ4v) is 3.67. The zero-order valence-electron chi connectivity index (χ0n) is 8.17. The van der Waals surface area contributed by atoms with Crippen molar-refractivity contribution in [3.8, 4) is 0 Å². The van der Waals surface area contributed by atoms with Crippen LogP contribution in [0.25, 0.3) is 0 Å². The highest BCUT2D eigenvalue weighted by Gasteiger charge is 2.21. The first kappa shape index (κ1) is 14.9. The number of nitrogens with one attached hydrogen (secondary N) is 1. The maximum absolute atomic E-state index is 11.6. The number of sulfonamides is 1. The number of hydrogen-bond acceptors (Lipinski definition) is 3. The minimum absolute atomic E-state index is 0.106. The number of hydrogen-bond donors (Lipinski definition) is 3. The third-order valence-corrected chi connectivity index (χ3v) is 4.21. The molecule has 0 saturated heterocycles. The van der Waals surface area contributed by atoms with E-state index in [1.165, 1.54) is 6.07 Å². The molecule has 17 heavy (non-hydrogen) atoms. The summed E-state index contributed by atoms with van der Waals surface area (Å²) < 4.78 is 35.5. The van der Waals surface area contributed by atoms with Crippen LogP contribution in [0.3, 0.4) is 0 Å². The van der Waals surface area contributed by atoms with Crippen LogP contribution in [0.1, 0.15) is 0 Å². The molecule has 0 saturated carbocycles. The highest BCUT2D eigenvalue weighted by atomic mass is 35.5. The van der Waals surface area contributed by atoms with E-state index in [1.807, 2.05) is 0 Å². The van der Waals surface area contributed by atoms with E-state index in [-0.39, 0.29) is 14.9 Å². The van der Waals surface area contributed by atoms with Gasteiger partial charge in [0.15, 0.2) is 0 Å². The normalized spacial score (nSPS) is 12.7. The maximum atomic E-state index is 11.6. The molecule has 1 rings (SSSR count). The summed E-state index contributed by atoms with van der Waals surface area (Å²) in [6.07, 6.45) is -0.987. The Bertz CT molecular complexity index is 549. The molecule has 3 N–H and O–H groups in total. The molecule has 6 nitrogen and oxygen atoms in total. The van der Waals surface area contributed by atoms with Gasteiger partial charge >= 0.3 is 7.60 Å². The van der Waals surface area contributed by atoms with Crippen molar-refractivity contribution in [1.29, 1.82) is 0 Å². The Morgan fingerprint density at radius 2 is 1.65 bits per heavy atom. The minimum Gasteiger partial charge on any atom is -0.324 e. The number of benzene rings is 1. The molecule has 0 spiro atoms. The van der Waals surface area contributed by atoms with E-state index < -0.39 is 23.9 Å². The standard InChI is InChI=1S/C7H8Cl2NO5PS/c8-5-1-6(9)3-7(2-5)17(14,15)10-4-16(11,12)13/h1-3,10H,4H2,(H2,11,12,13). The predicted octanol–water partition coefficient (Wildman–Crippen LogP) is 1.41. The molecule has 1 aromatic carbocycles. The van der Waals surface area contributed by atoms with Crippen LogP contribution in [0.5, 0.6) is 0 Å². The van der Waals surface area contributed by atoms with Gasteiger partial charge in [-0.05, 0) is 18.2 Å². The molecule has 0 heterocycles. The molecule has 0 aliphatic heterocycles. The Hall–Kier alpha value is -0.140.